The van der Waals surface area contributed by atoms with Crippen LogP contribution in [0.5, 0.6) is 0 Å². The normalized spacial score (nSPS) is 22.7. The molecular formula is C23H26N6O2S2. The van der Waals surface area contributed by atoms with Crippen molar-refractivity contribution in [3.63, 3.8) is 0 Å². The van der Waals surface area contributed by atoms with E-state index in [1.165, 1.54) is 0 Å². The first-order valence-electron chi connectivity index (χ1n) is 10.9. The van der Waals surface area contributed by atoms with Gasteiger partial charge in [0.25, 0.3) is 0 Å². The summed E-state index contributed by atoms with van der Waals surface area (Å²) in [7, 11) is 0. The second-order valence-electron chi connectivity index (χ2n) is 8.30. The molecule has 1 fully saturated rings. The van der Waals surface area contributed by atoms with Gasteiger partial charge in [0.05, 0.1) is 28.0 Å². The molecule has 0 saturated heterocycles. The Kier molecular flexibility index (Phi) is 6.02. The summed E-state index contributed by atoms with van der Waals surface area (Å²) in [6, 6.07) is 12.0. The van der Waals surface area contributed by atoms with Gasteiger partial charge in [0.15, 0.2) is 5.72 Å². The highest BCUT2D eigenvalue weighted by molar-refractivity contribution is 7.21. The fraction of sp³-hybridized carbons (Fsp3) is 0.348. The second-order valence-corrected chi connectivity index (χ2v) is 10.4. The summed E-state index contributed by atoms with van der Waals surface area (Å²) < 4.78 is 1.06. The van der Waals surface area contributed by atoms with Crippen molar-refractivity contribution in [2.24, 2.45) is 11.7 Å². The van der Waals surface area contributed by atoms with Crippen molar-refractivity contribution in [2.75, 3.05) is 17.2 Å². The van der Waals surface area contributed by atoms with Gasteiger partial charge in [0, 0.05) is 10.8 Å². The van der Waals surface area contributed by atoms with Crippen LogP contribution in [0, 0.1) is 12.8 Å². The number of para-hydroxylation sites is 1. The van der Waals surface area contributed by atoms with Gasteiger partial charge < -0.3 is 26.6 Å². The second kappa shape index (κ2) is 8.96. The third-order valence-electron chi connectivity index (χ3n) is 6.07. The van der Waals surface area contributed by atoms with Gasteiger partial charge in [-0.05, 0) is 49.9 Å². The average molecular weight is 483 g/mol. The lowest BCUT2D eigenvalue weighted by Gasteiger charge is -2.31. The first-order valence-corrected chi connectivity index (χ1v) is 12.6. The number of hydrogen-bond donors (Lipinski definition) is 5. The van der Waals surface area contributed by atoms with E-state index in [1.54, 1.807) is 22.7 Å². The van der Waals surface area contributed by atoms with Crippen LogP contribution in [0.1, 0.15) is 23.4 Å². The molecule has 3 atom stereocenters. The number of nitrogens with two attached hydrogens (primary N) is 1. The molecule has 1 aliphatic carbocycles. The van der Waals surface area contributed by atoms with Gasteiger partial charge in [-0.25, -0.2) is 9.97 Å². The molecule has 0 radical (unpaired) electrons. The van der Waals surface area contributed by atoms with Crippen molar-refractivity contribution in [3.05, 3.63) is 52.3 Å². The summed E-state index contributed by atoms with van der Waals surface area (Å²) in [5.41, 5.74) is 6.61. The molecule has 3 heterocycles. The number of hydrogen-bond acceptors (Lipinski definition) is 10. The quantitative estimate of drug-likeness (QED) is 0.253. The molecule has 10 heteroatoms. The lowest BCUT2D eigenvalue weighted by atomic mass is 10.0. The average Bonchev–Trinajstić information content (AvgIpc) is 3.52. The Labute approximate surface area is 199 Å². The summed E-state index contributed by atoms with van der Waals surface area (Å²) in [6.07, 6.45) is 0.00476. The van der Waals surface area contributed by atoms with E-state index in [-0.39, 0.29) is 5.92 Å². The van der Waals surface area contributed by atoms with Crippen molar-refractivity contribution in [1.29, 1.82) is 0 Å². The highest BCUT2D eigenvalue weighted by Crippen LogP contribution is 2.40. The Bertz CT molecular complexity index is 1230. The zero-order chi connectivity index (χ0) is 23.0. The maximum Gasteiger partial charge on any atom is 0.225 e. The highest BCUT2D eigenvalue weighted by atomic mass is 32.1. The minimum Gasteiger partial charge on any atom is -0.388 e. The predicted molar refractivity (Wildman–Crippen MR) is 133 cm³/mol. The Hall–Kier alpha value is -2.63. The van der Waals surface area contributed by atoms with Crippen molar-refractivity contribution in [1.82, 2.24) is 15.0 Å². The monoisotopic (exact) mass is 482 g/mol. The summed E-state index contributed by atoms with van der Waals surface area (Å²) in [5, 5.41) is 31.2. The van der Waals surface area contributed by atoms with E-state index in [9.17, 15) is 10.2 Å². The third kappa shape index (κ3) is 4.32. The number of nitrogens with one attached hydrogen (secondary N) is 2. The number of aromatic nitrogens is 3. The van der Waals surface area contributed by atoms with E-state index in [4.69, 9.17) is 15.7 Å². The standard InChI is InChI=1S/C23H26N6O2S2/c1-13-18(21-27-16-6-2-3-7-17(16)33-21)20(29-23(31)9-8-14(11-24)19(23)30)28-22(26-13)25-12-15-5-4-10-32-15/h2-7,10,14,19,30-31H,8-9,11-12,24H2,1H3,(H2,25,26,28,29)/t14-,19-,23-/m1/s1. The largest absolute Gasteiger partial charge is 0.388 e. The molecule has 33 heavy (non-hydrogen) atoms. The number of fused-ring (bicyclic) bond motifs is 1. The summed E-state index contributed by atoms with van der Waals surface area (Å²) in [6.45, 7) is 2.81. The van der Waals surface area contributed by atoms with Crippen LogP contribution in [0.3, 0.4) is 0 Å². The third-order valence-corrected chi connectivity index (χ3v) is 8.00. The molecule has 0 bridgehead atoms. The van der Waals surface area contributed by atoms with Crippen LogP contribution in [-0.2, 0) is 6.54 Å². The zero-order valence-electron chi connectivity index (χ0n) is 18.2. The van der Waals surface area contributed by atoms with Crippen molar-refractivity contribution >= 4 is 44.7 Å². The zero-order valence-corrected chi connectivity index (χ0v) is 19.8. The van der Waals surface area contributed by atoms with Crippen LogP contribution in [0.25, 0.3) is 20.8 Å². The molecule has 5 rings (SSSR count). The molecule has 1 saturated carbocycles. The van der Waals surface area contributed by atoms with Gasteiger partial charge in [-0.15, -0.1) is 22.7 Å². The van der Waals surface area contributed by atoms with E-state index < -0.39 is 11.8 Å². The van der Waals surface area contributed by atoms with Crippen LogP contribution < -0.4 is 16.4 Å². The van der Waals surface area contributed by atoms with Gasteiger partial charge in [-0.3, -0.25) is 0 Å². The van der Waals surface area contributed by atoms with E-state index in [2.05, 4.69) is 15.6 Å². The van der Waals surface area contributed by atoms with Crippen LogP contribution in [0.4, 0.5) is 11.8 Å². The van der Waals surface area contributed by atoms with Gasteiger partial charge in [-0.2, -0.15) is 4.98 Å². The van der Waals surface area contributed by atoms with E-state index in [0.717, 1.165) is 31.4 Å². The fourth-order valence-electron chi connectivity index (χ4n) is 4.25. The lowest BCUT2D eigenvalue weighted by molar-refractivity contribution is -0.0459. The maximum absolute atomic E-state index is 11.3. The van der Waals surface area contributed by atoms with Gasteiger partial charge >= 0.3 is 0 Å². The first kappa shape index (κ1) is 22.2. The smallest absolute Gasteiger partial charge is 0.225 e. The number of aliphatic hydroxyl groups is 2. The SMILES string of the molecule is Cc1nc(NCc2cccs2)nc(N[C@@]2(O)CC[C@H](CN)[C@H]2O)c1-c1nc2ccccc2s1. The number of aryl methyl sites for hydroxylation is 1. The first-order chi connectivity index (χ1) is 16.0. The Balaban J connectivity index is 1.55. The summed E-state index contributed by atoms with van der Waals surface area (Å²) in [4.78, 5) is 15.3. The van der Waals surface area contributed by atoms with E-state index in [0.29, 0.717) is 37.7 Å². The molecule has 8 nitrogen and oxygen atoms in total. The van der Waals surface area contributed by atoms with Gasteiger partial charge in [0.2, 0.25) is 5.95 Å². The number of anilines is 2. The van der Waals surface area contributed by atoms with Crippen molar-refractivity contribution in [2.45, 2.75) is 38.1 Å². The molecule has 6 N–H and O–H groups in total. The Morgan fingerprint density at radius 3 is 2.76 bits per heavy atom. The fourth-order valence-corrected chi connectivity index (χ4v) is 5.95. The topological polar surface area (TPSA) is 129 Å². The summed E-state index contributed by atoms with van der Waals surface area (Å²) in [5.74, 6) is 0.710. The highest BCUT2D eigenvalue weighted by Gasteiger charge is 2.46. The molecule has 1 aliphatic rings. The number of thiophene rings is 1. The van der Waals surface area contributed by atoms with E-state index in [1.807, 2.05) is 48.7 Å². The Morgan fingerprint density at radius 1 is 1.18 bits per heavy atom. The van der Waals surface area contributed by atoms with E-state index >= 15 is 0 Å². The van der Waals surface area contributed by atoms with Gasteiger partial charge in [0.1, 0.15) is 16.9 Å². The molecular weight excluding hydrogens is 456 g/mol. The number of thiazole rings is 1. The van der Waals surface area contributed by atoms with Crippen molar-refractivity contribution in [3.8, 4) is 10.6 Å². The Morgan fingerprint density at radius 2 is 2.03 bits per heavy atom. The lowest BCUT2D eigenvalue weighted by Crippen LogP contribution is -2.48. The molecule has 4 aromatic rings. The minimum absolute atomic E-state index is 0.173. The van der Waals surface area contributed by atoms with Crippen molar-refractivity contribution < 1.29 is 10.2 Å². The van der Waals surface area contributed by atoms with Crippen LogP contribution in [0.2, 0.25) is 0 Å². The molecule has 0 aliphatic heterocycles. The summed E-state index contributed by atoms with van der Waals surface area (Å²) >= 11 is 3.20. The molecule has 0 amide bonds. The predicted octanol–water partition coefficient (Wildman–Crippen LogP) is 3.57. The molecule has 0 unspecified atom stereocenters. The van der Waals surface area contributed by atoms with Crippen LogP contribution in [0.15, 0.2) is 41.8 Å². The van der Waals surface area contributed by atoms with Crippen LogP contribution >= 0.6 is 22.7 Å². The molecule has 1 aromatic carbocycles. The van der Waals surface area contributed by atoms with Crippen LogP contribution in [-0.4, -0.2) is 43.5 Å². The molecule has 0 spiro atoms. The molecule has 3 aromatic heterocycles. The number of nitrogens with zero attached hydrogens (tertiary/aromatic N) is 3. The van der Waals surface area contributed by atoms with Gasteiger partial charge in [-0.1, -0.05) is 18.2 Å². The number of rotatable bonds is 7. The number of benzene rings is 1. The number of aliphatic hydroxyl groups excluding tert-OH is 1. The minimum atomic E-state index is -1.53. The molecule has 172 valence electrons. The maximum atomic E-state index is 11.3.